The summed E-state index contributed by atoms with van der Waals surface area (Å²) in [7, 11) is 0. The summed E-state index contributed by atoms with van der Waals surface area (Å²) in [5.41, 5.74) is 10.3. The van der Waals surface area contributed by atoms with Crippen LogP contribution >= 0.6 is 0 Å². The fourth-order valence-corrected chi connectivity index (χ4v) is 3.86. The van der Waals surface area contributed by atoms with Crippen molar-refractivity contribution in [2.75, 3.05) is 18.0 Å². The topological polar surface area (TPSA) is 112 Å². The highest BCUT2D eigenvalue weighted by Gasteiger charge is 2.21. The van der Waals surface area contributed by atoms with Crippen molar-refractivity contribution < 1.29 is 0 Å². The zero-order valence-corrected chi connectivity index (χ0v) is 17.0. The van der Waals surface area contributed by atoms with E-state index in [9.17, 15) is 0 Å². The minimum atomic E-state index is 0.165. The molecule has 4 aromatic heterocycles. The van der Waals surface area contributed by atoms with E-state index >= 15 is 0 Å². The van der Waals surface area contributed by atoms with Crippen LogP contribution in [0.1, 0.15) is 24.2 Å². The first-order valence-corrected chi connectivity index (χ1v) is 10.1. The summed E-state index contributed by atoms with van der Waals surface area (Å²) in [6, 6.07) is 2.13. The maximum atomic E-state index is 6.18. The molecule has 9 heteroatoms. The van der Waals surface area contributed by atoms with Gasteiger partial charge in [-0.2, -0.15) is 5.10 Å². The second kappa shape index (κ2) is 7.42. The van der Waals surface area contributed by atoms with Gasteiger partial charge in [0.15, 0.2) is 11.6 Å². The molecule has 0 amide bonds. The Labute approximate surface area is 174 Å². The molecule has 1 aliphatic rings. The molecule has 2 N–H and O–H groups in total. The van der Waals surface area contributed by atoms with Gasteiger partial charge in [-0.05, 0) is 32.8 Å². The molecule has 0 bridgehead atoms. The summed E-state index contributed by atoms with van der Waals surface area (Å²) in [4.78, 5) is 25.0. The van der Waals surface area contributed by atoms with Gasteiger partial charge >= 0.3 is 0 Å². The van der Waals surface area contributed by atoms with Gasteiger partial charge in [-0.15, -0.1) is 0 Å². The van der Waals surface area contributed by atoms with Crippen molar-refractivity contribution in [3.05, 3.63) is 48.4 Å². The molecule has 30 heavy (non-hydrogen) atoms. The van der Waals surface area contributed by atoms with Gasteiger partial charge in [0.05, 0.1) is 41.2 Å². The van der Waals surface area contributed by atoms with Gasteiger partial charge in [0.2, 0.25) is 0 Å². The molecular formula is C21H23N9. The smallest absolute Gasteiger partial charge is 0.174 e. The Kier molecular flexibility index (Phi) is 4.59. The van der Waals surface area contributed by atoms with Crippen molar-refractivity contribution in [2.24, 2.45) is 5.73 Å². The van der Waals surface area contributed by atoms with E-state index in [0.29, 0.717) is 5.82 Å². The number of piperidine rings is 1. The highest BCUT2D eigenvalue weighted by Crippen LogP contribution is 2.25. The predicted octanol–water partition coefficient (Wildman–Crippen LogP) is 2.21. The monoisotopic (exact) mass is 401 g/mol. The third-order valence-electron chi connectivity index (χ3n) is 5.36. The molecule has 5 heterocycles. The third-order valence-corrected chi connectivity index (χ3v) is 5.36. The molecule has 152 valence electrons. The van der Waals surface area contributed by atoms with Crippen LogP contribution in [-0.4, -0.2) is 53.8 Å². The molecule has 5 rings (SSSR count). The van der Waals surface area contributed by atoms with E-state index in [1.165, 1.54) is 0 Å². The Morgan fingerprint density at radius 2 is 1.90 bits per heavy atom. The largest absolute Gasteiger partial charge is 0.353 e. The zero-order valence-electron chi connectivity index (χ0n) is 17.0. The average molecular weight is 401 g/mol. The number of pyridine rings is 1. The van der Waals surface area contributed by atoms with Gasteiger partial charge in [0.25, 0.3) is 0 Å². The van der Waals surface area contributed by atoms with Crippen molar-refractivity contribution in [3.63, 3.8) is 0 Å². The molecule has 1 unspecified atom stereocenters. The lowest BCUT2D eigenvalue weighted by Crippen LogP contribution is -2.43. The highest BCUT2D eigenvalue weighted by molar-refractivity contribution is 5.82. The maximum absolute atomic E-state index is 6.18. The molecule has 9 nitrogen and oxygen atoms in total. The minimum Gasteiger partial charge on any atom is -0.353 e. The fraction of sp³-hybridized carbons (Fsp3) is 0.333. The third kappa shape index (κ3) is 3.37. The lowest BCUT2D eigenvalue weighted by molar-refractivity contribution is 0.501. The number of nitrogens with zero attached hydrogens (tertiary/aromatic N) is 8. The molecule has 0 aliphatic carbocycles. The first-order valence-electron chi connectivity index (χ1n) is 10.1. The Hall–Kier alpha value is -3.46. The molecule has 1 saturated heterocycles. The Morgan fingerprint density at radius 3 is 2.73 bits per heavy atom. The molecule has 4 aromatic rings. The van der Waals surface area contributed by atoms with Crippen LogP contribution < -0.4 is 10.6 Å². The number of fused-ring (bicyclic) bond motifs is 1. The first kappa shape index (κ1) is 18.6. The van der Waals surface area contributed by atoms with Crippen molar-refractivity contribution in [3.8, 4) is 17.2 Å². The van der Waals surface area contributed by atoms with Crippen LogP contribution in [0.2, 0.25) is 0 Å². The van der Waals surface area contributed by atoms with Gasteiger partial charge in [0.1, 0.15) is 5.69 Å². The van der Waals surface area contributed by atoms with Gasteiger partial charge in [-0.1, -0.05) is 0 Å². The highest BCUT2D eigenvalue weighted by atomic mass is 15.3. The Balaban J connectivity index is 1.58. The van der Waals surface area contributed by atoms with Crippen LogP contribution in [0.25, 0.3) is 28.1 Å². The van der Waals surface area contributed by atoms with E-state index in [1.807, 2.05) is 19.9 Å². The lowest BCUT2D eigenvalue weighted by Gasteiger charge is -2.32. The summed E-state index contributed by atoms with van der Waals surface area (Å²) in [6.07, 6.45) is 10.9. The van der Waals surface area contributed by atoms with Crippen LogP contribution in [-0.2, 0) is 0 Å². The number of hydrogen-bond acceptors (Lipinski definition) is 8. The van der Waals surface area contributed by atoms with Crippen molar-refractivity contribution in [1.82, 2.24) is 34.7 Å². The lowest BCUT2D eigenvalue weighted by atomic mass is 10.1. The number of aryl methyl sites for hydroxylation is 2. The molecule has 0 aromatic carbocycles. The van der Waals surface area contributed by atoms with E-state index in [0.717, 1.165) is 65.4 Å². The van der Waals surface area contributed by atoms with E-state index in [-0.39, 0.29) is 6.04 Å². The van der Waals surface area contributed by atoms with Crippen molar-refractivity contribution >= 4 is 16.7 Å². The van der Waals surface area contributed by atoms with Gasteiger partial charge in [-0.25, -0.2) is 14.6 Å². The quantitative estimate of drug-likeness (QED) is 0.556. The molecule has 0 radical (unpaired) electrons. The van der Waals surface area contributed by atoms with E-state index in [1.54, 1.807) is 35.7 Å². The standard InChI is InChI=1S/C21H23N9/c1-13-7-23-10-18(27-13)17-6-19-15(8-25-17)9-26-30(19)20-11-24-14(2)21(28-20)29-5-3-4-16(22)12-29/h6-11,16H,3-5,12,22H2,1-2H3. The van der Waals surface area contributed by atoms with E-state index in [2.05, 4.69) is 29.9 Å². The minimum absolute atomic E-state index is 0.165. The number of hydrogen-bond donors (Lipinski definition) is 1. The molecule has 0 saturated carbocycles. The van der Waals surface area contributed by atoms with Crippen LogP contribution in [0.15, 0.2) is 37.1 Å². The summed E-state index contributed by atoms with van der Waals surface area (Å²) in [5, 5.41) is 5.46. The van der Waals surface area contributed by atoms with E-state index in [4.69, 9.17) is 10.7 Å². The molecular weight excluding hydrogens is 378 g/mol. The number of aromatic nitrogens is 7. The SMILES string of the molecule is Cc1cncc(-c2cc3c(cn2)cnn3-c2cnc(C)c(N3CCCC(N)C3)n2)n1. The van der Waals surface area contributed by atoms with Gasteiger partial charge in [0, 0.05) is 36.9 Å². The van der Waals surface area contributed by atoms with Gasteiger partial charge in [-0.3, -0.25) is 15.0 Å². The number of anilines is 1. The Morgan fingerprint density at radius 1 is 1.00 bits per heavy atom. The summed E-state index contributed by atoms with van der Waals surface area (Å²) in [5.74, 6) is 1.53. The Bertz CT molecular complexity index is 1220. The van der Waals surface area contributed by atoms with Crippen molar-refractivity contribution in [2.45, 2.75) is 32.7 Å². The number of nitrogens with two attached hydrogens (primary N) is 1. The second-order valence-corrected chi connectivity index (χ2v) is 7.72. The fourth-order valence-electron chi connectivity index (χ4n) is 3.86. The normalized spacial score (nSPS) is 16.9. The van der Waals surface area contributed by atoms with Crippen LogP contribution in [0.3, 0.4) is 0 Å². The van der Waals surface area contributed by atoms with Crippen LogP contribution in [0, 0.1) is 13.8 Å². The maximum Gasteiger partial charge on any atom is 0.174 e. The molecule has 0 spiro atoms. The van der Waals surface area contributed by atoms with E-state index < -0.39 is 0 Å². The summed E-state index contributed by atoms with van der Waals surface area (Å²) in [6.45, 7) is 5.62. The summed E-state index contributed by atoms with van der Waals surface area (Å²) >= 11 is 0. The molecule has 1 fully saturated rings. The van der Waals surface area contributed by atoms with Crippen LogP contribution in [0.5, 0.6) is 0 Å². The predicted molar refractivity (Wildman–Crippen MR) is 114 cm³/mol. The average Bonchev–Trinajstić information content (AvgIpc) is 3.17. The first-order chi connectivity index (χ1) is 14.6. The van der Waals surface area contributed by atoms with Gasteiger partial charge < -0.3 is 10.6 Å². The molecule has 1 aliphatic heterocycles. The van der Waals surface area contributed by atoms with Crippen LogP contribution in [0.4, 0.5) is 5.82 Å². The second-order valence-electron chi connectivity index (χ2n) is 7.72. The molecule has 1 atom stereocenters. The van der Waals surface area contributed by atoms with Crippen molar-refractivity contribution in [1.29, 1.82) is 0 Å². The number of rotatable bonds is 3. The zero-order chi connectivity index (χ0) is 20.7. The summed E-state index contributed by atoms with van der Waals surface area (Å²) < 4.78 is 1.80.